The molecule has 0 unspecified atom stereocenters. The number of ether oxygens (including phenoxy) is 2. The number of allylic oxidation sites excluding steroid dienone is 1. The maximum atomic E-state index is 11.6. The van der Waals surface area contributed by atoms with Crippen molar-refractivity contribution in [2.24, 2.45) is 0 Å². The van der Waals surface area contributed by atoms with E-state index in [0.29, 0.717) is 17.9 Å². The molecule has 0 radical (unpaired) electrons. The van der Waals surface area contributed by atoms with Crippen molar-refractivity contribution in [3.05, 3.63) is 52.3 Å². The SMILES string of the molecule is CCC(=O)OCO/C(=C(/C=N)c1ccc(C(C)(C)C)cc1)c1c(C)c(C)nn1CC. The largest absolute Gasteiger partial charge is 0.454 e. The van der Waals surface area contributed by atoms with E-state index in [2.05, 4.69) is 38.0 Å². The molecule has 1 aromatic heterocycles. The minimum absolute atomic E-state index is 0.0370. The zero-order valence-corrected chi connectivity index (χ0v) is 19.1. The molecule has 162 valence electrons. The number of rotatable bonds is 8. The summed E-state index contributed by atoms with van der Waals surface area (Å²) in [5.41, 5.74) is 5.37. The highest BCUT2D eigenvalue weighted by Crippen LogP contribution is 2.31. The molecular formula is C24H33N3O3. The van der Waals surface area contributed by atoms with Gasteiger partial charge in [0, 0.05) is 30.3 Å². The third-order valence-corrected chi connectivity index (χ3v) is 5.10. The molecule has 0 spiro atoms. The average Bonchev–Trinajstić information content (AvgIpc) is 3.00. The number of nitrogens with one attached hydrogen (secondary N) is 1. The number of nitrogens with zero attached hydrogens (tertiary/aromatic N) is 2. The van der Waals surface area contributed by atoms with E-state index in [-0.39, 0.29) is 24.6 Å². The second-order valence-electron chi connectivity index (χ2n) is 8.22. The van der Waals surface area contributed by atoms with Crippen LogP contribution in [0.4, 0.5) is 0 Å². The summed E-state index contributed by atoms with van der Waals surface area (Å²) in [4.78, 5) is 11.6. The third-order valence-electron chi connectivity index (χ3n) is 5.10. The molecule has 0 aliphatic heterocycles. The number of carbonyl (C=O) groups is 1. The van der Waals surface area contributed by atoms with Gasteiger partial charge in [-0.2, -0.15) is 5.10 Å². The first-order valence-electron chi connectivity index (χ1n) is 10.3. The van der Waals surface area contributed by atoms with E-state index in [9.17, 15) is 4.79 Å². The number of hydrogen-bond donors (Lipinski definition) is 1. The predicted molar refractivity (Wildman–Crippen MR) is 120 cm³/mol. The Morgan fingerprint density at radius 2 is 1.77 bits per heavy atom. The van der Waals surface area contributed by atoms with Crippen molar-refractivity contribution in [2.45, 2.75) is 66.8 Å². The molecule has 0 aliphatic rings. The molecule has 0 bridgehead atoms. The maximum absolute atomic E-state index is 11.6. The fourth-order valence-corrected chi connectivity index (χ4v) is 3.15. The molecule has 0 amide bonds. The van der Waals surface area contributed by atoms with Gasteiger partial charge in [0.05, 0.1) is 5.69 Å². The van der Waals surface area contributed by atoms with E-state index in [4.69, 9.17) is 14.9 Å². The Balaban J connectivity index is 2.61. The van der Waals surface area contributed by atoms with Crippen LogP contribution in [0.5, 0.6) is 0 Å². The van der Waals surface area contributed by atoms with Gasteiger partial charge in [0.15, 0.2) is 5.76 Å². The van der Waals surface area contributed by atoms with Gasteiger partial charge in [0.1, 0.15) is 5.69 Å². The zero-order valence-electron chi connectivity index (χ0n) is 19.1. The Bertz CT molecular complexity index is 932. The molecule has 1 aromatic carbocycles. The van der Waals surface area contributed by atoms with Crippen LogP contribution in [0.2, 0.25) is 0 Å². The van der Waals surface area contributed by atoms with Crippen molar-refractivity contribution in [2.75, 3.05) is 6.79 Å². The van der Waals surface area contributed by atoms with Crippen LogP contribution < -0.4 is 0 Å². The average molecular weight is 412 g/mol. The van der Waals surface area contributed by atoms with Gasteiger partial charge in [-0.1, -0.05) is 52.0 Å². The number of hydrogen-bond acceptors (Lipinski definition) is 5. The standard InChI is InChI=1S/C24H33N3O3/c1-8-21(28)29-15-30-23(22-16(3)17(4)26-27(22)9-2)20(14-25)18-10-12-19(13-11-18)24(5,6)7/h10-14,25H,8-9,15H2,1-7H3/b23-20-,25-14?. The van der Waals surface area contributed by atoms with Crippen LogP contribution >= 0.6 is 0 Å². The van der Waals surface area contributed by atoms with Crippen LogP contribution in [0.25, 0.3) is 11.3 Å². The second-order valence-corrected chi connectivity index (χ2v) is 8.22. The Labute approximate surface area is 179 Å². The lowest BCUT2D eigenvalue weighted by molar-refractivity contribution is -0.151. The van der Waals surface area contributed by atoms with Gasteiger partial charge in [-0.15, -0.1) is 0 Å². The summed E-state index contributed by atoms with van der Waals surface area (Å²) in [5.74, 6) is 0.148. The van der Waals surface area contributed by atoms with E-state index in [1.54, 1.807) is 6.92 Å². The molecule has 0 atom stereocenters. The summed E-state index contributed by atoms with van der Waals surface area (Å²) in [6, 6.07) is 8.14. The molecule has 30 heavy (non-hydrogen) atoms. The van der Waals surface area contributed by atoms with E-state index in [1.165, 1.54) is 11.8 Å². The quantitative estimate of drug-likeness (QED) is 0.278. The lowest BCUT2D eigenvalue weighted by atomic mass is 9.86. The topological polar surface area (TPSA) is 77.2 Å². The van der Waals surface area contributed by atoms with Gasteiger partial charge in [-0.25, -0.2) is 0 Å². The fraction of sp³-hybridized carbons (Fsp3) is 0.458. The van der Waals surface area contributed by atoms with Crippen LogP contribution in [0.1, 0.15) is 69.1 Å². The molecule has 6 heteroatoms. The predicted octanol–water partition coefficient (Wildman–Crippen LogP) is 5.26. The monoisotopic (exact) mass is 411 g/mol. The van der Waals surface area contributed by atoms with Crippen molar-refractivity contribution in [3.8, 4) is 0 Å². The number of esters is 1. The molecule has 1 heterocycles. The molecule has 6 nitrogen and oxygen atoms in total. The van der Waals surface area contributed by atoms with Gasteiger partial charge in [-0.05, 0) is 37.3 Å². The minimum atomic E-state index is -0.336. The summed E-state index contributed by atoms with van der Waals surface area (Å²) in [6.45, 7) is 14.6. The van der Waals surface area contributed by atoms with E-state index >= 15 is 0 Å². The van der Waals surface area contributed by atoms with Crippen LogP contribution in [0.3, 0.4) is 0 Å². The van der Waals surface area contributed by atoms with Gasteiger partial charge >= 0.3 is 5.97 Å². The molecule has 0 fully saturated rings. The van der Waals surface area contributed by atoms with Gasteiger partial charge in [0.2, 0.25) is 6.79 Å². The molecule has 2 aromatic rings. The smallest absolute Gasteiger partial charge is 0.308 e. The van der Waals surface area contributed by atoms with Gasteiger partial charge < -0.3 is 14.9 Å². The van der Waals surface area contributed by atoms with E-state index < -0.39 is 0 Å². The molecule has 1 N–H and O–H groups in total. The summed E-state index contributed by atoms with van der Waals surface area (Å²) in [6.07, 6.45) is 1.56. The first kappa shape index (κ1) is 23.4. The van der Waals surface area contributed by atoms with E-state index in [0.717, 1.165) is 22.5 Å². The molecule has 0 saturated heterocycles. The Morgan fingerprint density at radius 1 is 1.13 bits per heavy atom. The van der Waals surface area contributed by atoms with Crippen LogP contribution in [-0.2, 0) is 26.2 Å². The van der Waals surface area contributed by atoms with Crippen molar-refractivity contribution in [1.82, 2.24) is 9.78 Å². The van der Waals surface area contributed by atoms with Crippen molar-refractivity contribution in [1.29, 1.82) is 5.41 Å². The maximum Gasteiger partial charge on any atom is 0.308 e. The van der Waals surface area contributed by atoms with Crippen LogP contribution in [0.15, 0.2) is 24.3 Å². The lowest BCUT2D eigenvalue weighted by Crippen LogP contribution is -2.12. The molecular weight excluding hydrogens is 378 g/mol. The number of aryl methyl sites for hydroxylation is 2. The number of benzene rings is 1. The van der Waals surface area contributed by atoms with Gasteiger partial charge in [-0.3, -0.25) is 9.48 Å². The second kappa shape index (κ2) is 9.74. The normalized spacial score (nSPS) is 12.4. The zero-order chi connectivity index (χ0) is 22.5. The minimum Gasteiger partial charge on any atom is -0.454 e. The van der Waals surface area contributed by atoms with E-state index in [1.807, 2.05) is 37.6 Å². The summed E-state index contributed by atoms with van der Waals surface area (Å²) < 4.78 is 13.0. The Kier molecular flexibility index (Phi) is 7.59. The molecule has 2 rings (SSSR count). The van der Waals surface area contributed by atoms with Crippen molar-refractivity contribution >= 4 is 23.5 Å². The summed E-state index contributed by atoms with van der Waals surface area (Å²) >= 11 is 0. The fourth-order valence-electron chi connectivity index (χ4n) is 3.15. The Hall–Kier alpha value is -2.89. The molecule has 0 saturated carbocycles. The Morgan fingerprint density at radius 3 is 2.27 bits per heavy atom. The number of carbonyl (C=O) groups excluding carboxylic acids is 1. The lowest BCUT2D eigenvalue weighted by Gasteiger charge is -2.20. The summed E-state index contributed by atoms with van der Waals surface area (Å²) in [7, 11) is 0. The third kappa shape index (κ3) is 5.17. The highest BCUT2D eigenvalue weighted by Gasteiger charge is 2.22. The molecule has 0 aliphatic carbocycles. The van der Waals surface area contributed by atoms with Crippen molar-refractivity contribution in [3.63, 3.8) is 0 Å². The van der Waals surface area contributed by atoms with Gasteiger partial charge in [0.25, 0.3) is 0 Å². The van der Waals surface area contributed by atoms with Crippen LogP contribution in [0, 0.1) is 19.3 Å². The first-order valence-corrected chi connectivity index (χ1v) is 10.3. The highest BCUT2D eigenvalue weighted by atomic mass is 16.7. The first-order chi connectivity index (χ1) is 14.1. The number of aromatic nitrogens is 2. The van der Waals surface area contributed by atoms with Crippen molar-refractivity contribution < 1.29 is 14.3 Å². The highest BCUT2D eigenvalue weighted by molar-refractivity contribution is 6.17. The van der Waals surface area contributed by atoms with Crippen LogP contribution in [-0.4, -0.2) is 28.8 Å². The summed E-state index contributed by atoms with van der Waals surface area (Å²) in [5, 5.41) is 12.7.